The Hall–Kier alpha value is -3.23. The Labute approximate surface area is 187 Å². The third-order valence-corrected chi connectivity index (χ3v) is 5.68. The quantitative estimate of drug-likeness (QED) is 0.478. The first-order chi connectivity index (χ1) is 14.9. The lowest BCUT2D eigenvalue weighted by atomic mass is 10.2. The number of rotatable bonds is 6. The number of hydrogen-bond donors (Lipinski definition) is 1. The number of nitrogens with zero attached hydrogens (tertiary/aromatic N) is 3. The third kappa shape index (κ3) is 4.92. The molecule has 0 fully saturated rings. The van der Waals surface area contributed by atoms with Crippen LogP contribution in [0.4, 0.5) is 0 Å². The molecule has 7 nitrogen and oxygen atoms in total. The Morgan fingerprint density at radius 1 is 1.23 bits per heavy atom. The van der Waals surface area contributed by atoms with Crippen LogP contribution in [0.15, 0.2) is 59.4 Å². The van der Waals surface area contributed by atoms with Gasteiger partial charge in [0.25, 0.3) is 11.5 Å². The molecular weight excluding hydrogens is 436 g/mol. The minimum absolute atomic E-state index is 0.108. The largest absolute Gasteiger partial charge is 0.481 e. The number of aryl methyl sites for hydroxylation is 1. The maximum Gasteiger partial charge on any atom is 0.275 e. The van der Waals surface area contributed by atoms with Gasteiger partial charge in [-0.1, -0.05) is 47.2 Å². The fraction of sp³-hybridized carbons (Fsp3) is 0.182. The number of halogens is 1. The van der Waals surface area contributed by atoms with Crippen LogP contribution in [0.3, 0.4) is 0 Å². The molecule has 1 amide bonds. The van der Waals surface area contributed by atoms with Gasteiger partial charge in [0.2, 0.25) is 4.96 Å². The van der Waals surface area contributed by atoms with Gasteiger partial charge in [0.15, 0.2) is 6.10 Å². The summed E-state index contributed by atoms with van der Waals surface area (Å²) < 4.78 is 6.93. The summed E-state index contributed by atoms with van der Waals surface area (Å²) in [5, 5.41) is 8.32. The molecule has 0 saturated carbocycles. The molecular formula is C22H19ClN4O3S. The molecule has 0 radical (unpaired) electrons. The highest BCUT2D eigenvalue weighted by Crippen LogP contribution is 2.26. The van der Waals surface area contributed by atoms with Gasteiger partial charge in [-0.15, -0.1) is 0 Å². The number of fused-ring (bicyclic) bond motifs is 1. The monoisotopic (exact) mass is 454 g/mol. The van der Waals surface area contributed by atoms with Gasteiger partial charge >= 0.3 is 0 Å². The maximum absolute atomic E-state index is 12.5. The van der Waals surface area contributed by atoms with Crippen molar-refractivity contribution in [3.8, 4) is 16.3 Å². The molecule has 31 heavy (non-hydrogen) atoms. The van der Waals surface area contributed by atoms with Gasteiger partial charge < -0.3 is 10.1 Å². The predicted octanol–water partition coefficient (Wildman–Crippen LogP) is 3.86. The van der Waals surface area contributed by atoms with Gasteiger partial charge in [0.05, 0.1) is 12.2 Å². The molecule has 2 aromatic carbocycles. The van der Waals surface area contributed by atoms with Gasteiger partial charge in [-0.05, 0) is 43.7 Å². The number of carbonyl (C=O) groups excluding carboxylic acids is 1. The molecule has 4 aromatic rings. The average Bonchev–Trinajstić information content (AvgIpc) is 3.17. The van der Waals surface area contributed by atoms with Crippen molar-refractivity contribution in [2.24, 2.45) is 0 Å². The SMILES string of the molecule is Cc1cccc(OC(C)C(=O)NCc2cc(=O)n3nc(-c4cccc(Cl)c4)sc3n2)c1. The molecule has 0 aliphatic rings. The van der Waals surface area contributed by atoms with Gasteiger partial charge in [0, 0.05) is 16.7 Å². The lowest BCUT2D eigenvalue weighted by molar-refractivity contribution is -0.127. The van der Waals surface area contributed by atoms with Crippen molar-refractivity contribution in [1.82, 2.24) is 19.9 Å². The Bertz CT molecular complexity index is 1320. The van der Waals surface area contributed by atoms with E-state index in [2.05, 4.69) is 15.4 Å². The van der Waals surface area contributed by atoms with E-state index in [0.717, 1.165) is 11.1 Å². The third-order valence-electron chi connectivity index (χ3n) is 4.48. The van der Waals surface area contributed by atoms with E-state index in [1.165, 1.54) is 21.9 Å². The van der Waals surface area contributed by atoms with Crippen LogP contribution in [0, 0.1) is 6.92 Å². The molecule has 0 spiro atoms. The Morgan fingerprint density at radius 2 is 2.03 bits per heavy atom. The summed E-state index contributed by atoms with van der Waals surface area (Å²) in [5.41, 5.74) is 1.98. The number of benzene rings is 2. The normalized spacial score (nSPS) is 12.0. The van der Waals surface area contributed by atoms with E-state index >= 15 is 0 Å². The van der Waals surface area contributed by atoms with Crippen LogP contribution in [0.25, 0.3) is 15.5 Å². The van der Waals surface area contributed by atoms with Gasteiger partial charge in [-0.2, -0.15) is 9.61 Å². The molecule has 1 atom stereocenters. The van der Waals surface area contributed by atoms with Crippen LogP contribution in [0.5, 0.6) is 5.75 Å². The number of aromatic nitrogens is 3. The van der Waals surface area contributed by atoms with Crippen molar-refractivity contribution in [3.05, 3.63) is 81.2 Å². The van der Waals surface area contributed by atoms with Crippen molar-refractivity contribution in [2.45, 2.75) is 26.5 Å². The minimum atomic E-state index is -0.690. The van der Waals surface area contributed by atoms with Crippen LogP contribution in [0.1, 0.15) is 18.2 Å². The zero-order valence-electron chi connectivity index (χ0n) is 16.8. The summed E-state index contributed by atoms with van der Waals surface area (Å²) in [5.74, 6) is 0.325. The number of hydrogen-bond acceptors (Lipinski definition) is 6. The van der Waals surface area contributed by atoms with Crippen LogP contribution in [-0.4, -0.2) is 26.6 Å². The summed E-state index contributed by atoms with van der Waals surface area (Å²) in [6.45, 7) is 3.73. The molecule has 0 aliphatic carbocycles. The van der Waals surface area contributed by atoms with E-state index in [1.54, 1.807) is 25.1 Å². The zero-order valence-corrected chi connectivity index (χ0v) is 18.4. The predicted molar refractivity (Wildman–Crippen MR) is 121 cm³/mol. The Kier molecular flexibility index (Phi) is 6.01. The summed E-state index contributed by atoms with van der Waals surface area (Å²) in [4.78, 5) is 29.8. The van der Waals surface area contributed by atoms with Gasteiger partial charge in [0.1, 0.15) is 10.8 Å². The number of amides is 1. The number of nitrogens with one attached hydrogen (secondary N) is 1. The summed E-state index contributed by atoms with van der Waals surface area (Å²) in [6.07, 6.45) is -0.690. The summed E-state index contributed by atoms with van der Waals surface area (Å²) in [6, 6.07) is 16.1. The van der Waals surface area contributed by atoms with E-state index in [0.29, 0.717) is 26.4 Å². The van der Waals surface area contributed by atoms with Crippen molar-refractivity contribution in [2.75, 3.05) is 0 Å². The second kappa shape index (κ2) is 8.87. The van der Waals surface area contributed by atoms with E-state index in [-0.39, 0.29) is 18.0 Å². The number of ether oxygens (including phenoxy) is 1. The number of carbonyl (C=O) groups is 1. The molecule has 0 bridgehead atoms. The first-order valence-corrected chi connectivity index (χ1v) is 10.8. The van der Waals surface area contributed by atoms with E-state index in [1.807, 2.05) is 37.3 Å². The standard InChI is InChI=1S/C22H19ClN4O3S/c1-13-5-3-8-18(9-13)30-14(2)20(29)24-12-17-11-19(28)27-22(25-17)31-21(26-27)15-6-4-7-16(23)10-15/h3-11,14H,12H2,1-2H3,(H,24,29). The Balaban J connectivity index is 1.47. The van der Waals surface area contributed by atoms with Crippen LogP contribution < -0.4 is 15.6 Å². The minimum Gasteiger partial charge on any atom is -0.481 e. The van der Waals surface area contributed by atoms with Crippen molar-refractivity contribution < 1.29 is 9.53 Å². The molecule has 4 rings (SSSR count). The summed E-state index contributed by atoms with van der Waals surface area (Å²) in [7, 11) is 0. The second-order valence-corrected chi connectivity index (χ2v) is 8.38. The molecule has 0 aliphatic heterocycles. The highest BCUT2D eigenvalue weighted by Gasteiger charge is 2.16. The smallest absolute Gasteiger partial charge is 0.275 e. The van der Waals surface area contributed by atoms with Gasteiger partial charge in [-0.3, -0.25) is 9.59 Å². The first-order valence-electron chi connectivity index (χ1n) is 9.56. The molecule has 2 aromatic heterocycles. The van der Waals surface area contributed by atoms with Crippen molar-refractivity contribution in [3.63, 3.8) is 0 Å². The lowest BCUT2D eigenvalue weighted by Gasteiger charge is -2.14. The van der Waals surface area contributed by atoms with E-state index in [4.69, 9.17) is 16.3 Å². The second-order valence-electron chi connectivity index (χ2n) is 6.99. The topological polar surface area (TPSA) is 85.6 Å². The molecule has 1 unspecified atom stereocenters. The fourth-order valence-electron chi connectivity index (χ4n) is 2.95. The first kappa shape index (κ1) is 21.0. The van der Waals surface area contributed by atoms with E-state index < -0.39 is 6.10 Å². The summed E-state index contributed by atoms with van der Waals surface area (Å²) >= 11 is 7.32. The molecule has 2 heterocycles. The average molecular weight is 455 g/mol. The van der Waals surface area contributed by atoms with Crippen LogP contribution in [0.2, 0.25) is 5.02 Å². The highest BCUT2D eigenvalue weighted by molar-refractivity contribution is 7.19. The van der Waals surface area contributed by atoms with Gasteiger partial charge in [-0.25, -0.2) is 4.98 Å². The fourth-order valence-corrected chi connectivity index (χ4v) is 4.06. The lowest BCUT2D eigenvalue weighted by Crippen LogP contribution is -2.36. The Morgan fingerprint density at radius 3 is 2.81 bits per heavy atom. The zero-order chi connectivity index (χ0) is 22.0. The van der Waals surface area contributed by atoms with E-state index in [9.17, 15) is 9.59 Å². The van der Waals surface area contributed by atoms with Crippen LogP contribution in [-0.2, 0) is 11.3 Å². The molecule has 0 saturated heterocycles. The highest BCUT2D eigenvalue weighted by atomic mass is 35.5. The van der Waals surface area contributed by atoms with Crippen molar-refractivity contribution in [1.29, 1.82) is 0 Å². The molecule has 9 heteroatoms. The van der Waals surface area contributed by atoms with Crippen molar-refractivity contribution >= 4 is 33.8 Å². The molecule has 1 N–H and O–H groups in total. The van der Waals surface area contributed by atoms with Crippen LogP contribution >= 0.6 is 22.9 Å². The maximum atomic E-state index is 12.5. The molecule has 158 valence electrons.